The van der Waals surface area contributed by atoms with Gasteiger partial charge in [-0.2, -0.15) is 13.2 Å². The molecule has 1 atom stereocenters. The van der Waals surface area contributed by atoms with Crippen molar-refractivity contribution in [3.8, 4) is 11.1 Å². The van der Waals surface area contributed by atoms with Gasteiger partial charge in [0.1, 0.15) is 0 Å². The lowest BCUT2D eigenvalue weighted by Crippen LogP contribution is -2.39. The number of rotatable bonds is 9. The molecule has 3 aromatic carbocycles. The molecule has 0 bridgehead atoms. The largest absolute Gasteiger partial charge is 0.479 e. The predicted molar refractivity (Wildman–Crippen MR) is 166 cm³/mol. The second-order valence-electron chi connectivity index (χ2n) is 10.1. The molecule has 1 aliphatic rings. The molecule has 3 N–H and O–H groups in total. The fourth-order valence-corrected chi connectivity index (χ4v) is 5.99. The number of carbonyl (C=O) groups is 3. The number of anilines is 2. The van der Waals surface area contributed by atoms with Crippen LogP contribution in [0.25, 0.3) is 11.1 Å². The van der Waals surface area contributed by atoms with Crippen LogP contribution in [0.1, 0.15) is 40.7 Å². The number of aryl methyl sites for hydroxylation is 1. The number of carbonyl (C=O) groups excluding carboxylic acids is 2. The highest BCUT2D eigenvalue weighted by molar-refractivity contribution is 14.2. The maximum absolute atomic E-state index is 13.3. The number of hydrogen-bond donors (Lipinski definition) is 3. The van der Waals surface area contributed by atoms with Crippen molar-refractivity contribution in [2.75, 3.05) is 23.3 Å². The summed E-state index contributed by atoms with van der Waals surface area (Å²) in [4.78, 5) is 38.9. The van der Waals surface area contributed by atoms with Gasteiger partial charge in [-0.15, -0.1) is 0 Å². The lowest BCUT2D eigenvalue weighted by atomic mass is 9.93. The quantitative estimate of drug-likeness (QED) is 0.136. The van der Waals surface area contributed by atoms with Gasteiger partial charge in [0.15, 0.2) is 4.05 Å². The lowest BCUT2D eigenvalue weighted by Gasteiger charge is -2.33. The molecule has 3 aromatic rings. The lowest BCUT2D eigenvalue weighted by molar-refractivity contribution is -0.139. The zero-order valence-corrected chi connectivity index (χ0v) is 25.0. The highest BCUT2D eigenvalue weighted by Crippen LogP contribution is 2.34. The van der Waals surface area contributed by atoms with Gasteiger partial charge in [-0.1, -0.05) is 49.5 Å². The maximum atomic E-state index is 13.3. The average molecular weight is 694 g/mol. The van der Waals surface area contributed by atoms with E-state index in [9.17, 15) is 27.6 Å². The third-order valence-electron chi connectivity index (χ3n) is 7.26. The summed E-state index contributed by atoms with van der Waals surface area (Å²) in [6.07, 6.45) is -2.56. The second-order valence-corrected chi connectivity index (χ2v) is 12.3. The molecule has 1 aliphatic heterocycles. The van der Waals surface area contributed by atoms with Crippen molar-refractivity contribution in [3.63, 3.8) is 0 Å². The van der Waals surface area contributed by atoms with Crippen LogP contribution in [0.5, 0.6) is 0 Å². The topological polar surface area (TPSA) is 98.7 Å². The molecule has 1 saturated heterocycles. The Morgan fingerprint density at radius 3 is 2.24 bits per heavy atom. The Kier molecular flexibility index (Phi) is 10.0. The van der Waals surface area contributed by atoms with E-state index in [4.69, 9.17) is 5.11 Å². The van der Waals surface area contributed by atoms with Crippen LogP contribution in [0.2, 0.25) is 0 Å². The second kappa shape index (κ2) is 13.5. The summed E-state index contributed by atoms with van der Waals surface area (Å²) in [6.45, 7) is 3.30. The Bertz CT molecular complexity index is 1450. The Morgan fingerprint density at radius 1 is 1.02 bits per heavy atom. The molecule has 0 radical (unpaired) electrons. The minimum atomic E-state index is -4.44. The Hall–Kier alpha value is -3.74. The van der Waals surface area contributed by atoms with E-state index < -0.39 is 42.5 Å². The van der Waals surface area contributed by atoms with E-state index in [2.05, 4.69) is 20.0 Å². The maximum Gasteiger partial charge on any atom is 0.416 e. The molecule has 0 spiro atoms. The minimum absolute atomic E-state index is 0.172. The van der Waals surface area contributed by atoms with Crippen molar-refractivity contribution in [2.45, 2.75) is 36.4 Å². The molecule has 0 aliphatic carbocycles. The van der Waals surface area contributed by atoms with Crippen LogP contribution >= 0.6 is 20.7 Å². The van der Waals surface area contributed by atoms with Crippen molar-refractivity contribution in [3.05, 3.63) is 83.4 Å². The number of benzene rings is 3. The number of piperidine rings is 1. The van der Waals surface area contributed by atoms with Crippen molar-refractivity contribution in [1.29, 1.82) is 0 Å². The van der Waals surface area contributed by atoms with Crippen molar-refractivity contribution >= 4 is 54.4 Å². The first kappa shape index (κ1) is 31.2. The normalized spacial score (nSPS) is 14.7. The first-order valence-electron chi connectivity index (χ1n) is 13.3. The van der Waals surface area contributed by atoms with Crippen molar-refractivity contribution in [1.82, 2.24) is 5.32 Å². The zero-order chi connectivity index (χ0) is 30.4. The molecule has 0 unspecified atom stereocenters. The van der Waals surface area contributed by atoms with Gasteiger partial charge in [-0.05, 0) is 84.8 Å². The van der Waals surface area contributed by atoms with E-state index in [0.29, 0.717) is 28.8 Å². The van der Waals surface area contributed by atoms with Gasteiger partial charge in [0.25, 0.3) is 5.91 Å². The summed E-state index contributed by atoms with van der Waals surface area (Å²) in [5, 5.41) is 14.6. The number of amides is 2. The van der Waals surface area contributed by atoms with Crippen LogP contribution in [0.15, 0.2) is 66.7 Å². The number of carboxylic acid groups (broad SMARTS) is 1. The third kappa shape index (κ3) is 7.75. The molecular weight excluding hydrogens is 662 g/mol. The molecule has 1 fully saturated rings. The average Bonchev–Trinajstić information content (AvgIpc) is 2.96. The summed E-state index contributed by atoms with van der Waals surface area (Å²) >= 11 is -0.887. The summed E-state index contributed by atoms with van der Waals surface area (Å²) in [7, 11) is 0. The summed E-state index contributed by atoms with van der Waals surface area (Å²) < 4.78 is 41.9. The summed E-state index contributed by atoms with van der Waals surface area (Å²) in [6, 6.07) is 17.4. The fraction of sp³-hybridized carbons (Fsp3) is 0.290. The Morgan fingerprint density at radius 2 is 1.67 bits per heavy atom. The summed E-state index contributed by atoms with van der Waals surface area (Å²) in [5.74, 6) is -1.49. The molecule has 7 nitrogen and oxygen atoms in total. The highest BCUT2D eigenvalue weighted by Gasteiger charge is 2.30. The molecule has 2 amide bonds. The smallest absolute Gasteiger partial charge is 0.416 e. The number of aliphatic carboxylic acids is 1. The van der Waals surface area contributed by atoms with E-state index in [1.54, 1.807) is 24.3 Å². The standard InChI is InChI=1S/C31H31F3IN3O4/c1-19-4-3-5-25(27(19)21-6-8-22(9-7-21)31(32,33)34)29(40)36-23-10-12-24(13-11-23)38-16-14-20(15-17-38)18-26(39)37-28(35-2)30(41)42/h3-13,20,28H,2,14-18H2,1H3,(H,36,40)(H,37,39)(H,41,42)/t28-/m1/s1. The van der Waals surface area contributed by atoms with E-state index >= 15 is 0 Å². The van der Waals surface area contributed by atoms with Gasteiger partial charge < -0.3 is 20.6 Å². The monoisotopic (exact) mass is 693 g/mol. The van der Waals surface area contributed by atoms with Crippen LogP contribution in [-0.4, -0.2) is 44.5 Å². The number of hydrogen-bond acceptors (Lipinski definition) is 4. The predicted octanol–water partition coefficient (Wildman–Crippen LogP) is 6.47. The molecule has 1 heterocycles. The van der Waals surface area contributed by atoms with E-state index in [1.165, 1.54) is 12.1 Å². The van der Waals surface area contributed by atoms with Gasteiger partial charge in [0.2, 0.25) is 5.91 Å². The van der Waals surface area contributed by atoms with Gasteiger partial charge in [-0.3, -0.25) is 9.59 Å². The molecule has 42 heavy (non-hydrogen) atoms. The van der Waals surface area contributed by atoms with Crippen LogP contribution in [0.3, 0.4) is 0 Å². The first-order chi connectivity index (χ1) is 20.0. The van der Waals surface area contributed by atoms with E-state index in [0.717, 1.165) is 49.3 Å². The molecule has 0 aromatic heterocycles. The Labute approximate surface area is 251 Å². The van der Waals surface area contributed by atoms with Crippen LogP contribution in [0, 0.1) is 12.8 Å². The highest BCUT2D eigenvalue weighted by atomic mass is 127. The van der Waals surface area contributed by atoms with E-state index in [1.807, 2.05) is 25.1 Å². The number of nitrogens with zero attached hydrogens (tertiary/aromatic N) is 1. The Balaban J connectivity index is 1.37. The van der Waals surface area contributed by atoms with Crippen LogP contribution in [0.4, 0.5) is 24.5 Å². The molecule has 222 valence electrons. The van der Waals surface area contributed by atoms with Crippen LogP contribution < -0.4 is 15.5 Å². The molecule has 4 rings (SSSR count). The fourth-order valence-electron chi connectivity index (χ4n) is 5.04. The molecule has 0 saturated carbocycles. The number of halogens is 4. The number of alkyl halides is 4. The van der Waals surface area contributed by atoms with Gasteiger partial charge in [0.05, 0.1) is 5.56 Å². The van der Waals surface area contributed by atoms with Gasteiger partial charge >= 0.3 is 12.1 Å². The summed E-state index contributed by atoms with van der Waals surface area (Å²) in [5.41, 5.74) is 3.03. The third-order valence-corrected chi connectivity index (χ3v) is 8.98. The van der Waals surface area contributed by atoms with Crippen molar-refractivity contribution < 1.29 is 32.7 Å². The van der Waals surface area contributed by atoms with E-state index in [-0.39, 0.29) is 17.7 Å². The first-order valence-corrected chi connectivity index (χ1v) is 16.1. The van der Waals surface area contributed by atoms with Crippen LogP contribution in [-0.2, 0) is 15.8 Å². The molecule has 11 heteroatoms. The SMILES string of the molecule is C=I[C@H](NC(=O)CC1CCN(c2ccc(NC(=O)c3cccc(C)c3-c3ccc(C(F)(F)F)cc3)cc2)CC1)C(=O)O. The zero-order valence-electron chi connectivity index (χ0n) is 22.9. The minimum Gasteiger partial charge on any atom is -0.479 e. The molecular formula is C31H31F3IN3O4. The van der Waals surface area contributed by atoms with Crippen molar-refractivity contribution in [2.24, 2.45) is 5.92 Å². The number of carboxylic acids is 1. The van der Waals surface area contributed by atoms with Gasteiger partial charge in [0, 0.05) is 36.4 Å². The number of nitrogens with one attached hydrogen (secondary N) is 2. The van der Waals surface area contributed by atoms with Gasteiger partial charge in [-0.25, -0.2) is 4.79 Å².